The zero-order chi connectivity index (χ0) is 17.5. The normalized spacial score (nSPS) is 10.9. The molecule has 126 valence electrons. The summed E-state index contributed by atoms with van der Waals surface area (Å²) in [4.78, 5) is 16.0. The van der Waals surface area contributed by atoms with E-state index >= 15 is 0 Å². The highest BCUT2D eigenvalue weighted by atomic mass is 32.2. The molecule has 0 saturated carbocycles. The average Bonchev–Trinajstić information content (AvgIpc) is 3.10. The summed E-state index contributed by atoms with van der Waals surface area (Å²) in [6, 6.07) is 11.5. The Bertz CT molecular complexity index is 885. The number of thioether (sulfide) groups is 1. The van der Waals surface area contributed by atoms with Gasteiger partial charge in [-0.15, -0.1) is 10.2 Å². The zero-order valence-corrected chi connectivity index (χ0v) is 14.4. The van der Waals surface area contributed by atoms with Gasteiger partial charge in [-0.3, -0.25) is 9.78 Å². The monoisotopic (exact) mass is 373 g/mol. The summed E-state index contributed by atoms with van der Waals surface area (Å²) in [5, 5.41) is 12.6. The summed E-state index contributed by atoms with van der Waals surface area (Å²) in [7, 11) is 0. The first kappa shape index (κ1) is 17.2. The minimum absolute atomic E-state index is 0.150. The van der Waals surface area contributed by atoms with Crippen molar-refractivity contribution in [2.45, 2.75) is 4.34 Å². The molecule has 9 heteroatoms. The van der Waals surface area contributed by atoms with Crippen molar-refractivity contribution in [3.8, 4) is 10.7 Å². The van der Waals surface area contributed by atoms with Gasteiger partial charge in [0.15, 0.2) is 9.35 Å². The van der Waals surface area contributed by atoms with Crippen LogP contribution in [0.25, 0.3) is 10.7 Å². The molecule has 0 aliphatic carbocycles. The summed E-state index contributed by atoms with van der Waals surface area (Å²) in [5.74, 6) is -0.491. The first-order valence-electron chi connectivity index (χ1n) is 7.16. The minimum atomic E-state index is -0.356. The smallest absolute Gasteiger partial charge is 0.250 e. The maximum atomic E-state index is 13.0. The predicted octanol–water partition coefficient (Wildman–Crippen LogP) is 2.98. The molecule has 2 aromatic heterocycles. The summed E-state index contributed by atoms with van der Waals surface area (Å²) < 4.78 is 13.7. The molecule has 6 nitrogen and oxygen atoms in total. The van der Waals surface area contributed by atoms with Gasteiger partial charge in [0.2, 0.25) is 0 Å². The summed E-state index contributed by atoms with van der Waals surface area (Å²) in [6.45, 7) is 0. The van der Waals surface area contributed by atoms with Crippen LogP contribution in [0.15, 0.2) is 58.1 Å². The Morgan fingerprint density at radius 1 is 1.28 bits per heavy atom. The molecule has 2 heterocycles. The second kappa shape index (κ2) is 8.45. The van der Waals surface area contributed by atoms with E-state index < -0.39 is 0 Å². The van der Waals surface area contributed by atoms with Crippen LogP contribution in [0.4, 0.5) is 4.39 Å². The summed E-state index contributed by atoms with van der Waals surface area (Å²) in [5.41, 5.74) is 3.70. The highest BCUT2D eigenvalue weighted by molar-refractivity contribution is 8.01. The fourth-order valence-corrected chi connectivity index (χ4v) is 3.41. The van der Waals surface area contributed by atoms with Gasteiger partial charge in [-0.05, 0) is 29.8 Å². The molecular weight excluding hydrogens is 361 g/mol. The van der Waals surface area contributed by atoms with Crippen LogP contribution in [0.3, 0.4) is 0 Å². The maximum absolute atomic E-state index is 13.0. The Hall–Kier alpha value is -2.65. The van der Waals surface area contributed by atoms with E-state index in [9.17, 15) is 9.18 Å². The quantitative estimate of drug-likeness (QED) is 0.408. The average molecular weight is 373 g/mol. The molecule has 3 aromatic rings. The van der Waals surface area contributed by atoms with Gasteiger partial charge in [-0.1, -0.05) is 41.3 Å². The molecule has 0 aliphatic heterocycles. The maximum Gasteiger partial charge on any atom is 0.250 e. The number of hydrazone groups is 1. The number of rotatable bonds is 6. The molecular formula is C16H12FN5OS2. The highest BCUT2D eigenvalue weighted by Gasteiger charge is 2.09. The van der Waals surface area contributed by atoms with E-state index in [1.54, 1.807) is 18.3 Å². The van der Waals surface area contributed by atoms with Crippen molar-refractivity contribution in [1.82, 2.24) is 20.6 Å². The molecule has 0 bridgehead atoms. The van der Waals surface area contributed by atoms with Crippen molar-refractivity contribution in [1.29, 1.82) is 0 Å². The molecule has 0 saturated heterocycles. The Morgan fingerprint density at radius 2 is 2.20 bits per heavy atom. The molecule has 1 N–H and O–H groups in total. The molecule has 3 rings (SSSR count). The Morgan fingerprint density at radius 3 is 3.00 bits per heavy atom. The number of amides is 1. The van der Waals surface area contributed by atoms with Crippen LogP contribution >= 0.6 is 23.1 Å². The van der Waals surface area contributed by atoms with Gasteiger partial charge in [-0.25, -0.2) is 9.82 Å². The molecule has 25 heavy (non-hydrogen) atoms. The highest BCUT2D eigenvalue weighted by Crippen LogP contribution is 2.27. The number of carbonyl (C=O) groups is 1. The van der Waals surface area contributed by atoms with Crippen LogP contribution < -0.4 is 5.43 Å². The molecule has 0 radical (unpaired) electrons. The number of pyridine rings is 1. The van der Waals surface area contributed by atoms with Crippen LogP contribution in [0, 0.1) is 5.82 Å². The van der Waals surface area contributed by atoms with Crippen LogP contribution in [0.5, 0.6) is 0 Å². The first-order valence-corrected chi connectivity index (χ1v) is 8.96. The molecule has 0 fully saturated rings. The number of benzene rings is 1. The number of halogens is 1. The van der Waals surface area contributed by atoms with Crippen molar-refractivity contribution in [3.63, 3.8) is 0 Å². The third-order valence-corrected chi connectivity index (χ3v) is 4.95. The standard InChI is InChI=1S/C16H12FN5OS2/c17-12-5-3-4-11(8-12)9-19-20-14(23)10-24-16-22-21-15(25-16)13-6-1-2-7-18-13/h1-9H,10H2,(H,20,23)/b19-9-. The van der Waals surface area contributed by atoms with E-state index in [-0.39, 0.29) is 17.5 Å². The van der Waals surface area contributed by atoms with E-state index in [1.165, 1.54) is 41.4 Å². The van der Waals surface area contributed by atoms with Gasteiger partial charge in [0, 0.05) is 6.20 Å². The Balaban J connectivity index is 1.49. The lowest BCUT2D eigenvalue weighted by molar-refractivity contribution is -0.118. The number of hydrogen-bond donors (Lipinski definition) is 1. The van der Waals surface area contributed by atoms with E-state index in [0.717, 1.165) is 5.69 Å². The van der Waals surface area contributed by atoms with E-state index in [0.29, 0.717) is 14.9 Å². The Labute approximate surface area is 151 Å². The number of nitrogens with one attached hydrogen (secondary N) is 1. The molecule has 0 spiro atoms. The number of carbonyl (C=O) groups excluding carboxylic acids is 1. The van der Waals surface area contributed by atoms with Crippen molar-refractivity contribution >= 4 is 35.2 Å². The van der Waals surface area contributed by atoms with Crippen molar-refractivity contribution in [2.75, 3.05) is 5.75 Å². The fraction of sp³-hybridized carbons (Fsp3) is 0.0625. The number of nitrogens with zero attached hydrogens (tertiary/aromatic N) is 4. The van der Waals surface area contributed by atoms with Gasteiger partial charge in [0.1, 0.15) is 11.5 Å². The third-order valence-electron chi connectivity index (χ3n) is 2.87. The summed E-state index contributed by atoms with van der Waals surface area (Å²) >= 11 is 2.63. The second-order valence-electron chi connectivity index (χ2n) is 4.72. The van der Waals surface area contributed by atoms with Gasteiger partial charge >= 0.3 is 0 Å². The predicted molar refractivity (Wildman–Crippen MR) is 96.0 cm³/mol. The van der Waals surface area contributed by atoms with Crippen molar-refractivity contribution in [2.24, 2.45) is 5.10 Å². The van der Waals surface area contributed by atoms with Crippen LogP contribution in [0.2, 0.25) is 0 Å². The van der Waals surface area contributed by atoms with E-state index in [4.69, 9.17) is 0 Å². The number of hydrogen-bond acceptors (Lipinski definition) is 7. The van der Waals surface area contributed by atoms with Gasteiger partial charge in [0.05, 0.1) is 12.0 Å². The number of aromatic nitrogens is 3. The second-order valence-corrected chi connectivity index (χ2v) is 6.92. The molecule has 1 aromatic carbocycles. The summed E-state index contributed by atoms with van der Waals surface area (Å²) in [6.07, 6.45) is 3.07. The van der Waals surface area contributed by atoms with E-state index in [2.05, 4.69) is 25.7 Å². The fourth-order valence-electron chi connectivity index (χ4n) is 1.79. The van der Waals surface area contributed by atoms with Crippen LogP contribution in [0.1, 0.15) is 5.56 Å². The molecule has 0 unspecified atom stereocenters. The lowest BCUT2D eigenvalue weighted by Gasteiger charge is -1.97. The third kappa shape index (κ3) is 5.16. The lowest BCUT2D eigenvalue weighted by Crippen LogP contribution is -2.19. The zero-order valence-electron chi connectivity index (χ0n) is 12.8. The van der Waals surface area contributed by atoms with Gasteiger partial charge in [0.25, 0.3) is 5.91 Å². The molecule has 0 aliphatic rings. The van der Waals surface area contributed by atoms with Crippen molar-refractivity contribution < 1.29 is 9.18 Å². The van der Waals surface area contributed by atoms with Gasteiger partial charge < -0.3 is 0 Å². The van der Waals surface area contributed by atoms with Gasteiger partial charge in [-0.2, -0.15) is 5.10 Å². The van der Waals surface area contributed by atoms with E-state index in [1.807, 2.05) is 18.2 Å². The molecule has 0 atom stereocenters. The topological polar surface area (TPSA) is 80.1 Å². The SMILES string of the molecule is O=C(CSc1nnc(-c2ccccn2)s1)N/N=C\c1cccc(F)c1. The molecule has 1 amide bonds. The first-order chi connectivity index (χ1) is 12.2. The van der Waals surface area contributed by atoms with Crippen molar-refractivity contribution in [3.05, 3.63) is 60.0 Å². The lowest BCUT2D eigenvalue weighted by atomic mass is 10.2. The largest absolute Gasteiger partial charge is 0.272 e. The Kier molecular flexibility index (Phi) is 5.81. The van der Waals surface area contributed by atoms with Crippen LogP contribution in [-0.2, 0) is 4.79 Å². The minimum Gasteiger partial charge on any atom is -0.272 e. The van der Waals surface area contributed by atoms with Crippen LogP contribution in [-0.4, -0.2) is 33.1 Å².